The number of aliphatic hydroxyl groups is 3. The molecule has 0 amide bonds. The van der Waals surface area contributed by atoms with E-state index in [0.717, 1.165) is 6.42 Å². The van der Waals surface area contributed by atoms with Crippen molar-refractivity contribution in [3.63, 3.8) is 0 Å². The Morgan fingerprint density at radius 2 is 1.89 bits per heavy atom. The first kappa shape index (κ1) is 20.4. The van der Waals surface area contributed by atoms with Crippen molar-refractivity contribution >= 4 is 11.6 Å². The highest BCUT2D eigenvalue weighted by atomic mass is 19.1. The molecule has 7 unspecified atom stereocenters. The van der Waals surface area contributed by atoms with Gasteiger partial charge in [-0.05, 0) is 55.8 Å². The first-order valence-electron chi connectivity index (χ1n) is 10.7. The van der Waals surface area contributed by atoms with E-state index in [1.54, 1.807) is 13.8 Å². The van der Waals surface area contributed by atoms with Crippen molar-refractivity contribution in [1.82, 2.24) is 0 Å². The lowest BCUT2D eigenvalue weighted by Gasteiger charge is -2.65. The van der Waals surface area contributed by atoms with Crippen LogP contribution in [0.4, 0.5) is 4.39 Å². The Morgan fingerprint density at radius 3 is 2.54 bits per heavy atom. The van der Waals surface area contributed by atoms with Crippen LogP contribution >= 0.6 is 0 Å². The van der Waals surface area contributed by atoms with Crippen LogP contribution in [0.3, 0.4) is 0 Å². The third-order valence-corrected chi connectivity index (χ3v) is 9.71. The van der Waals surface area contributed by atoms with Gasteiger partial charge in [0.25, 0.3) is 0 Å². The van der Waals surface area contributed by atoms with Crippen molar-refractivity contribution < 1.29 is 29.3 Å². The highest BCUT2D eigenvalue weighted by molar-refractivity contribution is 5.90. The van der Waals surface area contributed by atoms with Gasteiger partial charge in [0.2, 0.25) is 0 Å². The fourth-order valence-electron chi connectivity index (χ4n) is 8.10. The summed E-state index contributed by atoms with van der Waals surface area (Å²) < 4.78 is 17.0. The molecule has 0 saturated heterocycles. The van der Waals surface area contributed by atoms with Gasteiger partial charge in [0.15, 0.2) is 5.78 Å². The van der Waals surface area contributed by atoms with Crippen LogP contribution in [-0.4, -0.2) is 50.9 Å². The van der Waals surface area contributed by atoms with Crippen LogP contribution in [0.2, 0.25) is 0 Å². The monoisotopic (exact) mass is 396 g/mol. The molecule has 0 bridgehead atoms. The number of alkyl halides is 1. The number of hydrogen-bond acceptors (Lipinski definition) is 5. The molecule has 3 N–H and O–H groups in total. The highest BCUT2D eigenvalue weighted by Gasteiger charge is 2.76. The SMILES string of the molecule is CC1CC2C3CCC4CC(=O)CCC4(C)[C@@]3(F)C(O)CC2(C)[C@@]1(O)C(=O)CO. The topological polar surface area (TPSA) is 94.8 Å². The van der Waals surface area contributed by atoms with Gasteiger partial charge in [-0.3, -0.25) is 9.59 Å². The van der Waals surface area contributed by atoms with Crippen molar-refractivity contribution in [2.24, 2.45) is 34.5 Å². The van der Waals surface area contributed by atoms with Gasteiger partial charge < -0.3 is 15.3 Å². The van der Waals surface area contributed by atoms with Crippen LogP contribution in [-0.2, 0) is 9.59 Å². The quantitative estimate of drug-likeness (QED) is 0.665. The lowest BCUT2D eigenvalue weighted by Crippen LogP contribution is -2.71. The zero-order valence-electron chi connectivity index (χ0n) is 17.1. The average molecular weight is 396 g/mol. The van der Waals surface area contributed by atoms with Crippen LogP contribution in [0.5, 0.6) is 0 Å². The highest BCUT2D eigenvalue weighted by Crippen LogP contribution is 2.71. The third kappa shape index (κ3) is 2.12. The molecule has 0 aromatic rings. The minimum atomic E-state index is -1.83. The fraction of sp³-hybridized carbons (Fsp3) is 0.909. The maximum Gasteiger partial charge on any atom is 0.190 e. The largest absolute Gasteiger partial charge is 0.390 e. The van der Waals surface area contributed by atoms with E-state index in [2.05, 4.69) is 0 Å². The van der Waals surface area contributed by atoms with Gasteiger partial charge in [-0.1, -0.05) is 20.8 Å². The summed E-state index contributed by atoms with van der Waals surface area (Å²) in [5, 5.41) is 32.1. The number of rotatable bonds is 2. The fourth-order valence-corrected chi connectivity index (χ4v) is 8.10. The van der Waals surface area contributed by atoms with Crippen molar-refractivity contribution in [3.8, 4) is 0 Å². The van der Waals surface area contributed by atoms with E-state index < -0.39 is 52.4 Å². The number of aliphatic hydroxyl groups excluding tert-OH is 2. The van der Waals surface area contributed by atoms with E-state index >= 15 is 4.39 Å². The van der Waals surface area contributed by atoms with Crippen molar-refractivity contribution in [2.45, 2.75) is 83.1 Å². The van der Waals surface area contributed by atoms with E-state index in [1.807, 2.05) is 6.92 Å². The maximum absolute atomic E-state index is 17.0. The van der Waals surface area contributed by atoms with Crippen LogP contribution in [0, 0.1) is 34.5 Å². The molecule has 5 nitrogen and oxygen atoms in total. The number of ketones is 2. The van der Waals surface area contributed by atoms with Crippen LogP contribution in [0.25, 0.3) is 0 Å². The first-order valence-corrected chi connectivity index (χ1v) is 10.7. The second kappa shape index (κ2) is 6.08. The Balaban J connectivity index is 1.79. The zero-order chi connectivity index (χ0) is 20.7. The molecule has 0 spiro atoms. The smallest absolute Gasteiger partial charge is 0.190 e. The lowest BCUT2D eigenvalue weighted by atomic mass is 9.42. The molecule has 4 fully saturated rings. The standard InChI is InChI=1S/C22H33FO5/c1-12-8-16-15-5-4-13-9-14(25)6-7-19(13,2)21(15,23)17(26)10-20(16,3)22(12,28)18(27)11-24/h12-13,15-17,24,26,28H,4-11H2,1-3H3/t12?,13?,15?,16?,17?,19?,20?,21-,22-/m0/s1. The normalized spacial score (nSPS) is 56.0. The van der Waals surface area contributed by atoms with E-state index in [9.17, 15) is 24.9 Å². The number of carbonyl (C=O) groups is 2. The predicted octanol–water partition coefficient (Wildman–Crippen LogP) is 2.20. The van der Waals surface area contributed by atoms with Crippen LogP contribution in [0.15, 0.2) is 0 Å². The lowest BCUT2D eigenvalue weighted by molar-refractivity contribution is -0.254. The molecule has 28 heavy (non-hydrogen) atoms. The molecule has 9 atom stereocenters. The van der Waals surface area contributed by atoms with Gasteiger partial charge in [0.1, 0.15) is 23.7 Å². The van der Waals surface area contributed by atoms with Gasteiger partial charge in [-0.25, -0.2) is 4.39 Å². The molecule has 4 aliphatic carbocycles. The van der Waals surface area contributed by atoms with E-state index in [0.29, 0.717) is 32.1 Å². The summed E-state index contributed by atoms with van der Waals surface area (Å²) in [6, 6.07) is 0. The summed E-state index contributed by atoms with van der Waals surface area (Å²) in [4.78, 5) is 24.6. The molecule has 0 aliphatic heterocycles. The Labute approximate surface area is 165 Å². The third-order valence-electron chi connectivity index (χ3n) is 9.71. The molecule has 4 rings (SSSR count). The maximum atomic E-state index is 17.0. The molecule has 158 valence electrons. The van der Waals surface area contributed by atoms with E-state index in [4.69, 9.17) is 0 Å². The van der Waals surface area contributed by atoms with Crippen LogP contribution in [0.1, 0.15) is 65.7 Å². The molecular weight excluding hydrogens is 363 g/mol. The molecule has 4 saturated carbocycles. The second-order valence-corrected chi connectivity index (χ2v) is 10.5. The molecule has 0 heterocycles. The number of hydrogen-bond donors (Lipinski definition) is 3. The number of carbonyl (C=O) groups excluding carboxylic acids is 2. The summed E-state index contributed by atoms with van der Waals surface area (Å²) in [5.74, 6) is -1.63. The van der Waals surface area contributed by atoms with Gasteiger partial charge in [-0.15, -0.1) is 0 Å². The zero-order valence-corrected chi connectivity index (χ0v) is 17.1. The molecule has 4 aliphatic rings. The molecule has 0 aromatic carbocycles. The van der Waals surface area contributed by atoms with Gasteiger partial charge in [0.05, 0.1) is 6.10 Å². The number of halogens is 1. The summed E-state index contributed by atoms with van der Waals surface area (Å²) in [5.41, 5.74) is -5.32. The van der Waals surface area contributed by atoms with Gasteiger partial charge in [-0.2, -0.15) is 0 Å². The number of fused-ring (bicyclic) bond motifs is 5. The molecule has 0 radical (unpaired) electrons. The second-order valence-electron chi connectivity index (χ2n) is 10.5. The minimum absolute atomic E-state index is 0.00645. The Morgan fingerprint density at radius 1 is 1.21 bits per heavy atom. The molecular formula is C22H33FO5. The summed E-state index contributed by atoms with van der Waals surface area (Å²) in [6.07, 6.45) is 1.66. The molecule has 6 heteroatoms. The Bertz CT molecular complexity index is 711. The number of Topliss-reactive ketones (excluding diaryl/α,β-unsaturated/α-hetero) is 2. The minimum Gasteiger partial charge on any atom is -0.390 e. The van der Waals surface area contributed by atoms with Crippen LogP contribution < -0.4 is 0 Å². The van der Waals surface area contributed by atoms with Gasteiger partial charge >= 0.3 is 0 Å². The van der Waals surface area contributed by atoms with E-state index in [-0.39, 0.29) is 24.0 Å². The average Bonchev–Trinajstić information content (AvgIpc) is 2.84. The first-order chi connectivity index (χ1) is 13.0. The summed E-state index contributed by atoms with van der Waals surface area (Å²) >= 11 is 0. The van der Waals surface area contributed by atoms with Crippen molar-refractivity contribution in [2.75, 3.05) is 6.61 Å². The summed E-state index contributed by atoms with van der Waals surface area (Å²) in [6.45, 7) is 4.71. The Kier molecular flexibility index (Phi) is 4.44. The van der Waals surface area contributed by atoms with Gasteiger partial charge in [0, 0.05) is 23.7 Å². The molecule has 0 aromatic heterocycles. The van der Waals surface area contributed by atoms with E-state index in [1.165, 1.54) is 0 Å². The van der Waals surface area contributed by atoms with Crippen molar-refractivity contribution in [3.05, 3.63) is 0 Å². The van der Waals surface area contributed by atoms with Crippen molar-refractivity contribution in [1.29, 1.82) is 0 Å². The predicted molar refractivity (Wildman–Crippen MR) is 100 cm³/mol. The Hall–Kier alpha value is -0.850. The summed E-state index contributed by atoms with van der Waals surface area (Å²) in [7, 11) is 0.